The molecule has 0 bridgehead atoms. The molecule has 0 N–H and O–H groups in total. The molecule has 15 heteroatoms. The van der Waals surface area contributed by atoms with Gasteiger partial charge in [0.25, 0.3) is 11.2 Å². The van der Waals surface area contributed by atoms with Gasteiger partial charge in [-0.25, -0.2) is 9.79 Å². The van der Waals surface area contributed by atoms with E-state index in [1.54, 1.807) is 18.2 Å². The van der Waals surface area contributed by atoms with Crippen molar-refractivity contribution in [1.29, 1.82) is 0 Å². The highest BCUT2D eigenvalue weighted by Gasteiger charge is 2.45. The van der Waals surface area contributed by atoms with Gasteiger partial charge < -0.3 is 14.2 Å². The number of carbonyl (C=O) groups is 1. The third-order valence-corrected chi connectivity index (χ3v) is 8.06. The first-order valence-corrected chi connectivity index (χ1v) is 14.7. The first-order valence-electron chi connectivity index (χ1n) is 13.5. The van der Waals surface area contributed by atoms with Crippen LogP contribution >= 0.6 is 22.9 Å². The molecule has 0 aliphatic carbocycles. The van der Waals surface area contributed by atoms with E-state index >= 15 is 0 Å². The summed E-state index contributed by atoms with van der Waals surface area (Å²) in [5.41, 5.74) is -1.95. The molecule has 46 heavy (non-hydrogen) atoms. The van der Waals surface area contributed by atoms with Crippen LogP contribution in [0.2, 0.25) is 5.02 Å². The molecule has 1 aromatic heterocycles. The monoisotopic (exact) mass is 673 g/mol. The standard InChI is InChI=1S/C31H23ClF3N3O7S/c1-3-44-29(40)24-25(18-9-11-20(32)12-10-18)37-28(39)23(46-30(37)36-27(24)31(33,34)35)15-19-5-4-6-22(43-2)26(19)45-16-17-7-13-21(14-8-17)38(41)42/h4-15,25H,3,16H2,1-2H3/b23-15-/t25-/m1/s1. The Balaban J connectivity index is 1.66. The Morgan fingerprint density at radius 1 is 1.13 bits per heavy atom. The highest BCUT2D eigenvalue weighted by molar-refractivity contribution is 7.07. The Bertz CT molecular complexity index is 2020. The molecule has 0 saturated carbocycles. The summed E-state index contributed by atoms with van der Waals surface area (Å²) in [5, 5.41) is 11.3. The average Bonchev–Trinajstić information content (AvgIpc) is 3.34. The van der Waals surface area contributed by atoms with Gasteiger partial charge in [-0.3, -0.25) is 19.5 Å². The van der Waals surface area contributed by atoms with Gasteiger partial charge in [0.1, 0.15) is 6.61 Å². The van der Waals surface area contributed by atoms with Gasteiger partial charge in [0, 0.05) is 22.7 Å². The number of ether oxygens (including phenoxy) is 3. The normalized spacial score (nSPS) is 14.8. The molecule has 2 heterocycles. The van der Waals surface area contributed by atoms with Crippen molar-refractivity contribution < 1.29 is 37.1 Å². The topological polar surface area (TPSA) is 122 Å². The van der Waals surface area contributed by atoms with Gasteiger partial charge in [-0.2, -0.15) is 13.2 Å². The number of thiazole rings is 1. The number of fused-ring (bicyclic) bond motifs is 1. The number of halogens is 4. The molecule has 238 valence electrons. The predicted molar refractivity (Wildman–Crippen MR) is 163 cm³/mol. The van der Waals surface area contributed by atoms with E-state index in [0.29, 0.717) is 33.2 Å². The van der Waals surface area contributed by atoms with Crippen molar-refractivity contribution >= 4 is 40.7 Å². The number of rotatable bonds is 9. The lowest BCUT2D eigenvalue weighted by Gasteiger charge is -2.26. The van der Waals surface area contributed by atoms with E-state index in [2.05, 4.69) is 4.99 Å². The maximum atomic E-state index is 14.4. The summed E-state index contributed by atoms with van der Waals surface area (Å²) in [5.74, 6) is -0.749. The molecule has 1 atom stereocenters. The third-order valence-electron chi connectivity index (χ3n) is 6.83. The Hall–Kier alpha value is -4.95. The fraction of sp³-hybridized carbons (Fsp3) is 0.194. The zero-order valence-electron chi connectivity index (χ0n) is 24.0. The summed E-state index contributed by atoms with van der Waals surface area (Å²) in [6.07, 6.45) is -3.62. The van der Waals surface area contributed by atoms with Gasteiger partial charge in [-0.05, 0) is 54.5 Å². The quantitative estimate of drug-likeness (QED) is 0.131. The zero-order chi connectivity index (χ0) is 33.2. The molecule has 5 rings (SSSR count). The Morgan fingerprint density at radius 3 is 2.43 bits per heavy atom. The fourth-order valence-corrected chi connectivity index (χ4v) is 5.89. The first-order chi connectivity index (χ1) is 21.9. The van der Waals surface area contributed by atoms with Gasteiger partial charge in [0.2, 0.25) is 0 Å². The first kappa shape index (κ1) is 32.4. The maximum Gasteiger partial charge on any atom is 0.434 e. The number of allylic oxidation sites excluding steroid dienone is 1. The van der Waals surface area contributed by atoms with Gasteiger partial charge in [0.05, 0.1) is 34.8 Å². The molecule has 0 fully saturated rings. The number of nitro benzene ring substituents is 1. The van der Waals surface area contributed by atoms with Crippen LogP contribution in [0.1, 0.15) is 29.7 Å². The number of hydrogen-bond acceptors (Lipinski definition) is 9. The van der Waals surface area contributed by atoms with Crippen LogP contribution < -0.4 is 24.4 Å². The molecule has 4 aromatic rings. The van der Waals surface area contributed by atoms with Gasteiger partial charge in [-0.1, -0.05) is 47.2 Å². The number of benzene rings is 3. The molecule has 3 aromatic carbocycles. The number of esters is 1. The van der Waals surface area contributed by atoms with E-state index in [1.165, 1.54) is 68.6 Å². The van der Waals surface area contributed by atoms with Crippen LogP contribution in [-0.2, 0) is 16.1 Å². The molecule has 10 nitrogen and oxygen atoms in total. The number of nitro groups is 1. The fourth-order valence-electron chi connectivity index (χ4n) is 4.77. The van der Waals surface area contributed by atoms with Crippen LogP contribution in [-0.4, -0.2) is 35.4 Å². The van der Waals surface area contributed by atoms with Crippen molar-refractivity contribution in [3.8, 4) is 11.5 Å². The van der Waals surface area contributed by atoms with Crippen molar-refractivity contribution in [2.24, 2.45) is 4.99 Å². The molecule has 0 saturated heterocycles. The third kappa shape index (κ3) is 6.53. The van der Waals surface area contributed by atoms with Gasteiger partial charge >= 0.3 is 12.1 Å². The SMILES string of the molecule is CCOC(=O)C1=C(C(F)(F)F)N=c2s/c(=C\c3cccc(OC)c3OCc3ccc([N+](=O)[O-])cc3)c(=O)n2[C@@H]1c1ccc(Cl)cc1. The minimum absolute atomic E-state index is 0.00205. The lowest BCUT2D eigenvalue weighted by Crippen LogP contribution is -2.41. The number of alkyl halides is 3. The van der Waals surface area contributed by atoms with E-state index in [9.17, 15) is 32.9 Å². The molecule has 0 amide bonds. The summed E-state index contributed by atoms with van der Waals surface area (Å²) in [7, 11) is 1.41. The van der Waals surface area contributed by atoms with Crippen molar-refractivity contribution in [1.82, 2.24) is 4.57 Å². The van der Waals surface area contributed by atoms with Crippen LogP contribution in [0, 0.1) is 10.1 Å². The van der Waals surface area contributed by atoms with E-state index < -0.39 is 39.9 Å². The summed E-state index contributed by atoms with van der Waals surface area (Å²) < 4.78 is 60.6. The average molecular weight is 674 g/mol. The highest BCUT2D eigenvalue weighted by Crippen LogP contribution is 2.39. The molecular formula is C31H23ClF3N3O7S. The van der Waals surface area contributed by atoms with E-state index in [-0.39, 0.29) is 39.5 Å². The Morgan fingerprint density at radius 2 is 1.83 bits per heavy atom. The van der Waals surface area contributed by atoms with Crippen molar-refractivity contribution in [3.05, 3.63) is 130 Å². The number of para-hydroxylation sites is 1. The van der Waals surface area contributed by atoms with Gasteiger partial charge in [-0.15, -0.1) is 0 Å². The molecule has 0 spiro atoms. The Kier molecular flexibility index (Phi) is 9.30. The number of nitrogens with zero attached hydrogens (tertiary/aromatic N) is 3. The van der Waals surface area contributed by atoms with E-state index in [4.69, 9.17) is 25.8 Å². The zero-order valence-corrected chi connectivity index (χ0v) is 25.6. The molecule has 1 aliphatic rings. The van der Waals surface area contributed by atoms with E-state index in [0.717, 1.165) is 4.57 Å². The minimum atomic E-state index is -5.05. The maximum absolute atomic E-state index is 14.4. The predicted octanol–water partition coefficient (Wildman–Crippen LogP) is 5.49. The number of carbonyl (C=O) groups excluding carboxylic acids is 1. The van der Waals surface area contributed by atoms with Crippen LogP contribution in [0.15, 0.2) is 87.8 Å². The van der Waals surface area contributed by atoms with Gasteiger partial charge in [0.15, 0.2) is 22.0 Å². The second-order valence-corrected chi connectivity index (χ2v) is 11.2. The van der Waals surface area contributed by atoms with Crippen LogP contribution in [0.4, 0.5) is 18.9 Å². The molecule has 0 radical (unpaired) electrons. The largest absolute Gasteiger partial charge is 0.493 e. The van der Waals surface area contributed by atoms with Crippen LogP contribution in [0.5, 0.6) is 11.5 Å². The van der Waals surface area contributed by atoms with E-state index in [1.807, 2.05) is 0 Å². The summed E-state index contributed by atoms with van der Waals surface area (Å²) in [6.45, 7) is 1.23. The highest BCUT2D eigenvalue weighted by atomic mass is 35.5. The molecular weight excluding hydrogens is 651 g/mol. The van der Waals surface area contributed by atoms with Crippen molar-refractivity contribution in [2.75, 3.05) is 13.7 Å². The lowest BCUT2D eigenvalue weighted by molar-refractivity contribution is -0.384. The summed E-state index contributed by atoms with van der Waals surface area (Å²) >= 11 is 6.73. The van der Waals surface area contributed by atoms with Crippen molar-refractivity contribution in [2.45, 2.75) is 25.7 Å². The Labute approximate surface area is 267 Å². The van der Waals surface area contributed by atoms with Crippen molar-refractivity contribution in [3.63, 3.8) is 0 Å². The number of non-ortho nitro benzene ring substituents is 1. The molecule has 1 aliphatic heterocycles. The number of hydrogen-bond donors (Lipinski definition) is 0. The smallest absolute Gasteiger partial charge is 0.434 e. The lowest BCUT2D eigenvalue weighted by atomic mass is 9.95. The van der Waals surface area contributed by atoms with Crippen LogP contribution in [0.3, 0.4) is 0 Å². The second kappa shape index (κ2) is 13.2. The molecule has 0 unspecified atom stereocenters. The van der Waals surface area contributed by atoms with Crippen LogP contribution in [0.25, 0.3) is 6.08 Å². The minimum Gasteiger partial charge on any atom is -0.493 e. The summed E-state index contributed by atoms with van der Waals surface area (Å²) in [4.78, 5) is 40.9. The number of aromatic nitrogens is 1. The number of methoxy groups -OCH3 is 1. The summed E-state index contributed by atoms with van der Waals surface area (Å²) in [6, 6.07) is 14.8. The second-order valence-electron chi connectivity index (χ2n) is 9.71.